The van der Waals surface area contributed by atoms with E-state index in [2.05, 4.69) is 10.3 Å². The summed E-state index contributed by atoms with van der Waals surface area (Å²) in [5, 5.41) is 3.15. The Morgan fingerprint density at radius 3 is 2.48 bits per heavy atom. The highest BCUT2D eigenvalue weighted by molar-refractivity contribution is 5.99. The monoisotopic (exact) mass is 399 g/mol. The molecule has 2 aromatic carbocycles. The van der Waals surface area contributed by atoms with E-state index in [1.165, 1.54) is 12.1 Å². The molecule has 1 aliphatic rings. The fourth-order valence-corrected chi connectivity index (χ4v) is 3.19. The molecule has 29 heavy (non-hydrogen) atoms. The topological polar surface area (TPSA) is 46.9 Å². The SMILES string of the molecule is Cn1cnc(-c2cc(C(=O)CC3CC3)ccc2Nc2ccc(C(F)(F)F)cc2)c1. The number of nitrogens with one attached hydrogen (secondary N) is 1. The number of aromatic nitrogens is 2. The van der Waals surface area contributed by atoms with Gasteiger partial charge in [-0.3, -0.25) is 4.79 Å². The van der Waals surface area contributed by atoms with Crippen LogP contribution in [-0.2, 0) is 13.2 Å². The van der Waals surface area contributed by atoms with Gasteiger partial charge in [-0.05, 0) is 61.2 Å². The van der Waals surface area contributed by atoms with Crippen LogP contribution in [0.15, 0.2) is 55.0 Å². The third kappa shape index (κ3) is 4.50. The van der Waals surface area contributed by atoms with Gasteiger partial charge in [-0.2, -0.15) is 13.2 Å². The molecule has 1 aliphatic carbocycles. The van der Waals surface area contributed by atoms with Gasteiger partial charge in [0.2, 0.25) is 0 Å². The number of hydrogen-bond donors (Lipinski definition) is 1. The first-order valence-electron chi connectivity index (χ1n) is 9.39. The molecule has 150 valence electrons. The molecule has 4 nitrogen and oxygen atoms in total. The van der Waals surface area contributed by atoms with Gasteiger partial charge in [0.15, 0.2) is 5.78 Å². The zero-order chi connectivity index (χ0) is 20.6. The molecule has 1 heterocycles. The van der Waals surface area contributed by atoms with Crippen LogP contribution >= 0.6 is 0 Å². The number of alkyl halides is 3. The summed E-state index contributed by atoms with van der Waals surface area (Å²) in [6, 6.07) is 10.2. The van der Waals surface area contributed by atoms with E-state index < -0.39 is 11.7 Å². The van der Waals surface area contributed by atoms with Crippen molar-refractivity contribution >= 4 is 17.2 Å². The van der Waals surface area contributed by atoms with Crippen molar-refractivity contribution in [2.24, 2.45) is 13.0 Å². The summed E-state index contributed by atoms with van der Waals surface area (Å²) in [4.78, 5) is 16.9. The van der Waals surface area contributed by atoms with Gasteiger partial charge in [0.05, 0.1) is 17.6 Å². The van der Waals surface area contributed by atoms with Gasteiger partial charge in [-0.1, -0.05) is 0 Å². The van der Waals surface area contributed by atoms with E-state index in [0.717, 1.165) is 30.5 Å². The van der Waals surface area contributed by atoms with Crippen molar-refractivity contribution in [1.29, 1.82) is 0 Å². The molecule has 0 amide bonds. The quantitative estimate of drug-likeness (QED) is 0.530. The van der Waals surface area contributed by atoms with Crippen LogP contribution in [0.2, 0.25) is 0 Å². The molecule has 3 aromatic rings. The molecule has 0 unspecified atom stereocenters. The van der Waals surface area contributed by atoms with Gasteiger partial charge in [-0.15, -0.1) is 0 Å². The second-order valence-corrected chi connectivity index (χ2v) is 7.46. The average Bonchev–Trinajstić information content (AvgIpc) is 3.39. The number of nitrogens with zero attached hydrogens (tertiary/aromatic N) is 2. The van der Waals surface area contributed by atoms with Crippen molar-refractivity contribution in [2.45, 2.75) is 25.4 Å². The minimum Gasteiger partial charge on any atom is -0.355 e. The van der Waals surface area contributed by atoms with Crippen molar-refractivity contribution < 1.29 is 18.0 Å². The lowest BCUT2D eigenvalue weighted by atomic mass is 10.0. The maximum Gasteiger partial charge on any atom is 0.416 e. The standard InChI is InChI=1S/C22H20F3N3O/c1-28-12-20(26-13-28)18-11-15(21(29)10-14-2-3-14)4-9-19(18)27-17-7-5-16(6-8-17)22(23,24)25/h4-9,11-14,27H,2-3,10H2,1H3. The molecule has 0 atom stereocenters. The first kappa shape index (κ1) is 19.2. The van der Waals surface area contributed by atoms with E-state index in [1.54, 1.807) is 29.1 Å². The van der Waals surface area contributed by atoms with E-state index in [0.29, 0.717) is 35.0 Å². The first-order valence-corrected chi connectivity index (χ1v) is 9.39. The lowest BCUT2D eigenvalue weighted by Crippen LogP contribution is -2.05. The minimum atomic E-state index is -4.37. The van der Waals surface area contributed by atoms with E-state index in [4.69, 9.17) is 0 Å². The second-order valence-electron chi connectivity index (χ2n) is 7.46. The largest absolute Gasteiger partial charge is 0.416 e. The Kier molecular flexibility index (Phi) is 4.90. The minimum absolute atomic E-state index is 0.103. The van der Waals surface area contributed by atoms with Crippen LogP contribution in [-0.4, -0.2) is 15.3 Å². The molecule has 7 heteroatoms. The van der Waals surface area contributed by atoms with Crippen molar-refractivity contribution in [3.8, 4) is 11.3 Å². The molecule has 1 N–H and O–H groups in total. The zero-order valence-electron chi connectivity index (χ0n) is 15.8. The Balaban J connectivity index is 1.65. The molecule has 0 radical (unpaired) electrons. The number of anilines is 2. The zero-order valence-corrected chi connectivity index (χ0v) is 15.8. The Bertz CT molecular complexity index is 1030. The number of hydrogen-bond acceptors (Lipinski definition) is 3. The fourth-order valence-electron chi connectivity index (χ4n) is 3.19. The molecule has 0 saturated heterocycles. The predicted molar refractivity (Wildman–Crippen MR) is 105 cm³/mol. The van der Waals surface area contributed by atoms with Gasteiger partial charge in [0.25, 0.3) is 0 Å². The summed E-state index contributed by atoms with van der Waals surface area (Å²) < 4.78 is 40.2. The number of imidazole rings is 1. The summed E-state index contributed by atoms with van der Waals surface area (Å²) in [6.07, 6.45) is 1.88. The smallest absolute Gasteiger partial charge is 0.355 e. The van der Waals surface area contributed by atoms with Gasteiger partial charge in [0, 0.05) is 42.2 Å². The van der Waals surface area contributed by atoms with Gasteiger partial charge in [0.1, 0.15) is 0 Å². The number of carbonyl (C=O) groups is 1. The second kappa shape index (κ2) is 7.39. The lowest BCUT2D eigenvalue weighted by Gasteiger charge is -2.14. The Hall–Kier alpha value is -3.09. The molecule has 1 fully saturated rings. The summed E-state index contributed by atoms with van der Waals surface area (Å²) >= 11 is 0. The normalized spacial score (nSPS) is 14.1. The number of aryl methyl sites for hydroxylation is 1. The first-order chi connectivity index (χ1) is 13.8. The molecule has 0 bridgehead atoms. The van der Waals surface area contributed by atoms with Gasteiger partial charge < -0.3 is 9.88 Å². The number of halogens is 3. The van der Waals surface area contributed by atoms with E-state index in [9.17, 15) is 18.0 Å². The van der Waals surface area contributed by atoms with Crippen molar-refractivity contribution in [2.75, 3.05) is 5.32 Å². The van der Waals surface area contributed by atoms with E-state index in [1.807, 2.05) is 13.2 Å². The molecule has 1 aromatic heterocycles. The Morgan fingerprint density at radius 1 is 1.17 bits per heavy atom. The molecule has 0 spiro atoms. The Morgan fingerprint density at radius 2 is 1.90 bits per heavy atom. The third-order valence-corrected chi connectivity index (χ3v) is 4.98. The van der Waals surface area contributed by atoms with Crippen LogP contribution < -0.4 is 5.32 Å². The van der Waals surface area contributed by atoms with Crippen LogP contribution in [0.4, 0.5) is 24.5 Å². The molecule has 1 saturated carbocycles. The van der Waals surface area contributed by atoms with E-state index in [-0.39, 0.29) is 5.78 Å². The number of rotatable bonds is 6. The van der Waals surface area contributed by atoms with Crippen molar-refractivity contribution in [3.05, 3.63) is 66.1 Å². The molecular weight excluding hydrogens is 379 g/mol. The summed E-state index contributed by atoms with van der Waals surface area (Å²) in [7, 11) is 1.85. The average molecular weight is 399 g/mol. The summed E-state index contributed by atoms with van der Waals surface area (Å²) in [6.45, 7) is 0. The molecular formula is C22H20F3N3O. The number of benzene rings is 2. The van der Waals surface area contributed by atoms with Crippen molar-refractivity contribution in [1.82, 2.24) is 9.55 Å². The summed E-state index contributed by atoms with van der Waals surface area (Å²) in [5.41, 5.74) is 2.53. The maximum absolute atomic E-state index is 12.8. The number of Topliss-reactive ketones (excluding diaryl/α,β-unsaturated/α-hetero) is 1. The highest BCUT2D eigenvalue weighted by Crippen LogP contribution is 2.36. The maximum atomic E-state index is 12.8. The Labute approximate surface area is 166 Å². The number of ketones is 1. The van der Waals surface area contributed by atoms with Crippen LogP contribution in [0, 0.1) is 5.92 Å². The molecule has 4 rings (SSSR count). The predicted octanol–water partition coefficient (Wildman–Crippen LogP) is 5.83. The summed E-state index contributed by atoms with van der Waals surface area (Å²) in [5.74, 6) is 0.594. The van der Waals surface area contributed by atoms with Crippen LogP contribution in [0.25, 0.3) is 11.3 Å². The highest BCUT2D eigenvalue weighted by atomic mass is 19.4. The van der Waals surface area contributed by atoms with Crippen LogP contribution in [0.1, 0.15) is 35.2 Å². The third-order valence-electron chi connectivity index (χ3n) is 4.98. The highest BCUT2D eigenvalue weighted by Gasteiger charge is 2.30. The number of carbonyl (C=O) groups excluding carboxylic acids is 1. The van der Waals surface area contributed by atoms with Crippen LogP contribution in [0.5, 0.6) is 0 Å². The molecule has 0 aliphatic heterocycles. The lowest BCUT2D eigenvalue weighted by molar-refractivity contribution is -0.137. The van der Waals surface area contributed by atoms with Crippen LogP contribution in [0.3, 0.4) is 0 Å². The van der Waals surface area contributed by atoms with Gasteiger partial charge in [-0.25, -0.2) is 4.98 Å². The fraction of sp³-hybridized carbons (Fsp3) is 0.273. The van der Waals surface area contributed by atoms with Gasteiger partial charge >= 0.3 is 6.18 Å². The van der Waals surface area contributed by atoms with E-state index >= 15 is 0 Å². The van der Waals surface area contributed by atoms with Crippen molar-refractivity contribution in [3.63, 3.8) is 0 Å².